The number of nitrogens with zero attached hydrogens (tertiary/aromatic N) is 5. The van der Waals surface area contributed by atoms with E-state index < -0.39 is 18.1 Å². The van der Waals surface area contributed by atoms with Gasteiger partial charge in [-0.2, -0.15) is 22.5 Å². The molecule has 2 heterocycles. The maximum absolute atomic E-state index is 11.0. The van der Waals surface area contributed by atoms with Crippen molar-refractivity contribution < 1.29 is 37.2 Å². The molecule has 0 saturated heterocycles. The van der Waals surface area contributed by atoms with E-state index in [1.165, 1.54) is 4.80 Å². The van der Waals surface area contributed by atoms with Gasteiger partial charge in [0, 0.05) is 17.7 Å². The molecule has 0 aromatic carbocycles. The molecule has 0 aliphatic heterocycles. The monoisotopic (exact) mass is 348 g/mol. The minimum absolute atomic E-state index is 0.0613. The lowest BCUT2D eigenvalue weighted by atomic mass is 10.2. The quantitative estimate of drug-likeness (QED) is 0.612. The van der Waals surface area contributed by atoms with Crippen LogP contribution >= 0.6 is 0 Å². The second kappa shape index (κ2) is 7.99. The Hall–Kier alpha value is -3.05. The van der Waals surface area contributed by atoms with Crippen molar-refractivity contribution in [2.45, 2.75) is 12.7 Å². The van der Waals surface area contributed by atoms with Gasteiger partial charge in [-0.25, -0.2) is 9.59 Å². The number of carboxylic acid groups (broad SMARTS) is 1. The molecular weight excluding hydrogens is 335 g/mol. The zero-order valence-corrected chi connectivity index (χ0v) is 12.6. The Morgan fingerprint density at radius 3 is 2.25 bits per heavy atom. The first-order valence-corrected chi connectivity index (χ1v) is 6.24. The minimum Gasteiger partial charge on any atom is -0.477 e. The van der Waals surface area contributed by atoms with Crippen LogP contribution in [0.5, 0.6) is 0 Å². The fourth-order valence-corrected chi connectivity index (χ4v) is 1.38. The summed E-state index contributed by atoms with van der Waals surface area (Å²) in [5, 5.41) is 20.2. The summed E-state index contributed by atoms with van der Waals surface area (Å²) in [7, 11) is 2.36. The first-order chi connectivity index (χ1) is 11.1. The molecule has 12 heteroatoms. The summed E-state index contributed by atoms with van der Waals surface area (Å²) < 4.78 is 37.8. The van der Waals surface area contributed by atoms with Crippen LogP contribution in [0.15, 0.2) is 24.5 Å². The average Bonchev–Trinajstić information content (AvgIpc) is 2.93. The van der Waals surface area contributed by atoms with E-state index in [0.29, 0.717) is 12.9 Å². The third-order valence-corrected chi connectivity index (χ3v) is 2.39. The molecule has 0 atom stereocenters. The van der Waals surface area contributed by atoms with E-state index in [1.807, 2.05) is 0 Å². The molecule has 0 amide bonds. The van der Waals surface area contributed by atoms with Gasteiger partial charge < -0.3 is 9.84 Å². The van der Waals surface area contributed by atoms with Crippen molar-refractivity contribution in [3.63, 3.8) is 0 Å². The van der Waals surface area contributed by atoms with Crippen LogP contribution < -0.4 is 4.57 Å². The van der Waals surface area contributed by atoms with Crippen molar-refractivity contribution in [3.05, 3.63) is 24.5 Å². The summed E-state index contributed by atoms with van der Waals surface area (Å²) in [6.07, 6.45) is -1.52. The molecule has 0 spiro atoms. The molecular formula is C12H13F3N5O4+. The Morgan fingerprint density at radius 1 is 1.33 bits per heavy atom. The number of esters is 1. The molecule has 24 heavy (non-hydrogen) atoms. The fourth-order valence-electron chi connectivity index (χ4n) is 1.38. The molecule has 0 aliphatic carbocycles. The largest absolute Gasteiger partial charge is 0.490 e. The Bertz CT molecular complexity index is 699. The smallest absolute Gasteiger partial charge is 0.477 e. The van der Waals surface area contributed by atoms with Crippen LogP contribution in [0.4, 0.5) is 13.2 Å². The van der Waals surface area contributed by atoms with Gasteiger partial charge in [0.1, 0.15) is 0 Å². The lowest BCUT2D eigenvalue weighted by Gasteiger charge is -1.99. The molecule has 0 bridgehead atoms. The lowest BCUT2D eigenvalue weighted by molar-refractivity contribution is -0.685. The number of tetrazole rings is 1. The molecule has 2 rings (SSSR count). The number of methoxy groups -OCH3 is 1. The number of aryl methyl sites for hydroxylation is 1. The number of pyridine rings is 1. The maximum Gasteiger partial charge on any atom is 0.490 e. The number of aliphatic carboxylic acids is 1. The van der Waals surface area contributed by atoms with Crippen molar-refractivity contribution in [1.29, 1.82) is 0 Å². The average molecular weight is 348 g/mol. The van der Waals surface area contributed by atoms with E-state index >= 15 is 0 Å². The predicted molar refractivity (Wildman–Crippen MR) is 70.1 cm³/mol. The SMILES string of the molecule is COC(=O)C(F)(F)F.Cn1nnc(-c2cc[n+](CC(=O)O)cc2)n1. The second-order valence-electron chi connectivity index (χ2n) is 4.24. The van der Waals surface area contributed by atoms with E-state index in [4.69, 9.17) is 5.11 Å². The van der Waals surface area contributed by atoms with Crippen LogP contribution in [0.25, 0.3) is 11.4 Å². The van der Waals surface area contributed by atoms with E-state index in [1.54, 1.807) is 36.1 Å². The summed E-state index contributed by atoms with van der Waals surface area (Å²) in [6.45, 7) is -0.0613. The summed E-state index contributed by atoms with van der Waals surface area (Å²) in [4.78, 5) is 21.3. The van der Waals surface area contributed by atoms with Crippen molar-refractivity contribution >= 4 is 11.9 Å². The highest BCUT2D eigenvalue weighted by Gasteiger charge is 2.40. The Labute approximate surface area is 133 Å². The molecule has 9 nitrogen and oxygen atoms in total. The second-order valence-corrected chi connectivity index (χ2v) is 4.24. The van der Waals surface area contributed by atoms with Crippen molar-refractivity contribution in [1.82, 2.24) is 20.2 Å². The standard InChI is InChI=1S/C9H9N5O2.C3H3F3O2/c1-13-11-9(10-12-13)7-2-4-14(5-3-7)6-8(15)16;1-8-2(7)3(4,5)6/h2-5H,6H2,1H3;1H3/p+1. The Kier molecular flexibility index (Phi) is 6.32. The molecule has 0 unspecified atom stereocenters. The number of ether oxygens (including phenoxy) is 1. The first-order valence-electron chi connectivity index (χ1n) is 6.24. The lowest BCUT2D eigenvalue weighted by Crippen LogP contribution is -2.36. The van der Waals surface area contributed by atoms with Crippen molar-refractivity contribution in [2.24, 2.45) is 7.05 Å². The highest BCUT2D eigenvalue weighted by molar-refractivity contribution is 5.75. The number of hydrogen-bond acceptors (Lipinski definition) is 6. The molecule has 0 aliphatic rings. The third-order valence-electron chi connectivity index (χ3n) is 2.39. The van der Waals surface area contributed by atoms with Gasteiger partial charge >= 0.3 is 18.1 Å². The first kappa shape index (κ1) is 19.0. The van der Waals surface area contributed by atoms with E-state index in [-0.39, 0.29) is 6.54 Å². The number of rotatable bonds is 3. The van der Waals surface area contributed by atoms with E-state index in [0.717, 1.165) is 5.56 Å². The van der Waals surface area contributed by atoms with Gasteiger partial charge in [-0.05, 0) is 5.21 Å². The van der Waals surface area contributed by atoms with Gasteiger partial charge in [-0.3, -0.25) is 0 Å². The predicted octanol–water partition coefficient (Wildman–Crippen LogP) is -0.0291. The normalized spacial score (nSPS) is 10.5. The van der Waals surface area contributed by atoms with E-state index in [9.17, 15) is 22.8 Å². The Balaban J connectivity index is 0.000000307. The van der Waals surface area contributed by atoms with Crippen LogP contribution in [-0.4, -0.2) is 50.5 Å². The summed E-state index contributed by atoms with van der Waals surface area (Å²) in [5.41, 5.74) is 0.801. The molecule has 0 saturated carbocycles. The molecule has 2 aromatic rings. The Morgan fingerprint density at radius 2 is 1.92 bits per heavy atom. The van der Waals surface area contributed by atoms with Crippen molar-refractivity contribution in [2.75, 3.05) is 7.11 Å². The maximum atomic E-state index is 11.0. The molecule has 1 N–H and O–H groups in total. The number of halogens is 3. The fraction of sp³-hybridized carbons (Fsp3) is 0.333. The highest BCUT2D eigenvalue weighted by atomic mass is 19.4. The zero-order valence-electron chi connectivity index (χ0n) is 12.6. The topological polar surface area (TPSA) is 111 Å². The molecule has 0 fully saturated rings. The highest BCUT2D eigenvalue weighted by Crippen LogP contribution is 2.15. The minimum atomic E-state index is -4.85. The van der Waals surface area contributed by atoms with Crippen LogP contribution in [0, 0.1) is 0 Å². The number of aromatic nitrogens is 5. The molecule has 0 radical (unpaired) electrons. The van der Waals surface area contributed by atoms with Gasteiger partial charge in [0.05, 0.1) is 14.2 Å². The molecule has 130 valence electrons. The number of carboxylic acids is 1. The van der Waals surface area contributed by atoms with Gasteiger partial charge in [-0.1, -0.05) is 0 Å². The van der Waals surface area contributed by atoms with Gasteiger partial charge in [-0.15, -0.1) is 10.2 Å². The van der Waals surface area contributed by atoms with Crippen molar-refractivity contribution in [3.8, 4) is 11.4 Å². The summed E-state index contributed by atoms with van der Waals surface area (Å²) in [5.74, 6) is -2.53. The summed E-state index contributed by atoms with van der Waals surface area (Å²) in [6, 6.07) is 3.50. The number of alkyl halides is 3. The summed E-state index contributed by atoms with van der Waals surface area (Å²) >= 11 is 0. The molecule has 2 aromatic heterocycles. The van der Waals surface area contributed by atoms with Crippen LogP contribution in [0.3, 0.4) is 0 Å². The zero-order chi connectivity index (χ0) is 18.3. The number of hydrogen-bond donors (Lipinski definition) is 1. The number of carbonyl (C=O) groups is 2. The van der Waals surface area contributed by atoms with Gasteiger partial charge in [0.25, 0.3) is 0 Å². The van der Waals surface area contributed by atoms with Crippen LogP contribution in [0.2, 0.25) is 0 Å². The van der Waals surface area contributed by atoms with Crippen LogP contribution in [0.1, 0.15) is 0 Å². The third kappa shape index (κ3) is 5.98. The van der Waals surface area contributed by atoms with Gasteiger partial charge in [0.2, 0.25) is 12.4 Å². The van der Waals surface area contributed by atoms with Gasteiger partial charge in [0.15, 0.2) is 12.4 Å². The van der Waals surface area contributed by atoms with Crippen LogP contribution in [-0.2, 0) is 27.9 Å². The van der Waals surface area contributed by atoms with E-state index in [2.05, 4.69) is 20.1 Å². The number of carbonyl (C=O) groups excluding carboxylic acids is 1.